The number of amides is 2. The number of piperazine rings is 1. The van der Waals surface area contributed by atoms with Gasteiger partial charge in [-0.2, -0.15) is 5.26 Å². The molecule has 31 heavy (non-hydrogen) atoms. The van der Waals surface area contributed by atoms with E-state index >= 15 is 0 Å². The van der Waals surface area contributed by atoms with Gasteiger partial charge in [-0.25, -0.2) is 0 Å². The summed E-state index contributed by atoms with van der Waals surface area (Å²) in [6.45, 7) is 5.46. The lowest BCUT2D eigenvalue weighted by molar-refractivity contribution is -0.135. The van der Waals surface area contributed by atoms with Gasteiger partial charge in [-0.15, -0.1) is 0 Å². The molecular formula is C23H23ClN4O3. The molecule has 160 valence electrons. The SMILES string of the molecule is C=CC(=O)N1CCN(C(=O)CNc2cc(-c3ccccc3C#N)c(Cl)cc2OC)CC1. The van der Waals surface area contributed by atoms with Gasteiger partial charge < -0.3 is 19.9 Å². The maximum atomic E-state index is 12.7. The molecule has 1 heterocycles. The quantitative estimate of drug-likeness (QED) is 0.700. The molecule has 2 aromatic carbocycles. The number of anilines is 1. The summed E-state index contributed by atoms with van der Waals surface area (Å²) in [5.41, 5.74) is 2.48. The van der Waals surface area contributed by atoms with Crippen LogP contribution in [0.25, 0.3) is 11.1 Å². The van der Waals surface area contributed by atoms with E-state index in [1.165, 1.54) is 13.2 Å². The highest BCUT2D eigenvalue weighted by atomic mass is 35.5. The zero-order chi connectivity index (χ0) is 22.4. The third kappa shape index (κ3) is 4.98. The molecule has 8 heteroatoms. The van der Waals surface area contributed by atoms with Crippen LogP contribution in [-0.2, 0) is 9.59 Å². The van der Waals surface area contributed by atoms with Crippen LogP contribution in [0, 0.1) is 11.3 Å². The summed E-state index contributed by atoms with van der Waals surface area (Å²) < 4.78 is 5.41. The smallest absolute Gasteiger partial charge is 0.246 e. The van der Waals surface area contributed by atoms with Crippen molar-refractivity contribution >= 4 is 29.1 Å². The van der Waals surface area contributed by atoms with Crippen molar-refractivity contribution < 1.29 is 14.3 Å². The Morgan fingerprint density at radius 2 is 1.87 bits per heavy atom. The van der Waals surface area contributed by atoms with Crippen molar-refractivity contribution in [1.82, 2.24) is 9.80 Å². The number of carbonyl (C=O) groups excluding carboxylic acids is 2. The number of halogens is 1. The third-order valence-electron chi connectivity index (χ3n) is 5.18. The monoisotopic (exact) mass is 438 g/mol. The molecule has 1 fully saturated rings. The van der Waals surface area contributed by atoms with Crippen molar-refractivity contribution in [2.75, 3.05) is 45.2 Å². The van der Waals surface area contributed by atoms with Gasteiger partial charge in [0.1, 0.15) is 5.75 Å². The first-order chi connectivity index (χ1) is 15.0. The molecule has 3 rings (SSSR count). The molecule has 0 spiro atoms. The van der Waals surface area contributed by atoms with Crippen molar-refractivity contribution in [2.24, 2.45) is 0 Å². The number of nitriles is 1. The van der Waals surface area contributed by atoms with Gasteiger partial charge in [-0.3, -0.25) is 9.59 Å². The average Bonchev–Trinajstić information content (AvgIpc) is 2.82. The minimum atomic E-state index is -0.124. The molecule has 0 atom stereocenters. The number of hydrogen-bond donors (Lipinski definition) is 1. The lowest BCUT2D eigenvalue weighted by Crippen LogP contribution is -2.51. The molecular weight excluding hydrogens is 416 g/mol. The highest BCUT2D eigenvalue weighted by molar-refractivity contribution is 6.33. The van der Waals surface area contributed by atoms with Crippen molar-refractivity contribution in [3.05, 3.63) is 59.6 Å². The van der Waals surface area contributed by atoms with Gasteiger partial charge in [0.25, 0.3) is 0 Å². The number of nitrogens with one attached hydrogen (secondary N) is 1. The first-order valence-electron chi connectivity index (χ1n) is 9.78. The first-order valence-corrected chi connectivity index (χ1v) is 10.2. The molecule has 7 nitrogen and oxygen atoms in total. The molecule has 0 radical (unpaired) electrons. The van der Waals surface area contributed by atoms with Crippen LogP contribution >= 0.6 is 11.6 Å². The maximum Gasteiger partial charge on any atom is 0.246 e. The van der Waals surface area contributed by atoms with Crippen molar-refractivity contribution in [3.63, 3.8) is 0 Å². The van der Waals surface area contributed by atoms with E-state index in [2.05, 4.69) is 18.0 Å². The minimum absolute atomic E-state index is 0.0622. The topological polar surface area (TPSA) is 85.7 Å². The molecule has 1 aliphatic rings. The Bertz CT molecular complexity index is 1040. The van der Waals surface area contributed by atoms with E-state index in [-0.39, 0.29) is 18.4 Å². The lowest BCUT2D eigenvalue weighted by Gasteiger charge is -2.34. The molecule has 0 saturated carbocycles. The summed E-state index contributed by atoms with van der Waals surface area (Å²) in [6.07, 6.45) is 1.29. The lowest BCUT2D eigenvalue weighted by atomic mass is 9.99. The van der Waals surface area contributed by atoms with Crippen LogP contribution in [0.2, 0.25) is 5.02 Å². The van der Waals surface area contributed by atoms with E-state index in [4.69, 9.17) is 16.3 Å². The van der Waals surface area contributed by atoms with E-state index < -0.39 is 0 Å². The zero-order valence-corrected chi connectivity index (χ0v) is 18.0. The first kappa shape index (κ1) is 22.2. The van der Waals surface area contributed by atoms with Crippen LogP contribution in [0.1, 0.15) is 5.56 Å². The van der Waals surface area contributed by atoms with Crippen LogP contribution in [0.3, 0.4) is 0 Å². The van der Waals surface area contributed by atoms with Crippen LogP contribution < -0.4 is 10.1 Å². The average molecular weight is 439 g/mol. The third-order valence-corrected chi connectivity index (χ3v) is 5.49. The standard InChI is InChI=1S/C23H23ClN4O3/c1-3-22(29)27-8-10-28(11-9-27)23(30)15-26-20-12-18(19(24)13-21(20)31-2)17-7-5-4-6-16(17)14-25/h3-7,12-13,26H,1,8-11,15H2,2H3. The minimum Gasteiger partial charge on any atom is -0.495 e. The van der Waals surface area contributed by atoms with Gasteiger partial charge in [-0.1, -0.05) is 36.4 Å². The fourth-order valence-corrected chi connectivity index (χ4v) is 3.73. The fourth-order valence-electron chi connectivity index (χ4n) is 3.47. The predicted octanol–water partition coefficient (Wildman–Crippen LogP) is 3.16. The molecule has 2 aromatic rings. The molecule has 0 bridgehead atoms. The molecule has 1 aliphatic heterocycles. The highest BCUT2D eigenvalue weighted by Gasteiger charge is 2.23. The molecule has 1 N–H and O–H groups in total. The number of carbonyl (C=O) groups is 2. The van der Waals surface area contributed by atoms with Crippen LogP contribution in [0.5, 0.6) is 5.75 Å². The Balaban J connectivity index is 1.74. The molecule has 0 aliphatic carbocycles. The van der Waals surface area contributed by atoms with Gasteiger partial charge in [0, 0.05) is 43.4 Å². The molecule has 2 amide bonds. The molecule has 0 unspecified atom stereocenters. The normalized spacial score (nSPS) is 13.3. The van der Waals surface area contributed by atoms with Gasteiger partial charge in [0.15, 0.2) is 0 Å². The summed E-state index contributed by atoms with van der Waals surface area (Å²) in [4.78, 5) is 27.8. The van der Waals surface area contributed by atoms with Crippen molar-refractivity contribution in [2.45, 2.75) is 0 Å². The van der Waals surface area contributed by atoms with Crippen LogP contribution in [-0.4, -0.2) is 61.4 Å². The molecule has 1 saturated heterocycles. The van der Waals surface area contributed by atoms with Crippen molar-refractivity contribution in [1.29, 1.82) is 5.26 Å². The van der Waals surface area contributed by atoms with E-state index in [9.17, 15) is 14.9 Å². The maximum absolute atomic E-state index is 12.7. The van der Waals surface area contributed by atoms with Crippen LogP contribution in [0.4, 0.5) is 5.69 Å². The Labute approximate surface area is 186 Å². The van der Waals surface area contributed by atoms with E-state index in [0.717, 1.165) is 0 Å². The summed E-state index contributed by atoms with van der Waals surface area (Å²) >= 11 is 6.45. The largest absolute Gasteiger partial charge is 0.495 e. The second kappa shape index (κ2) is 10.0. The second-order valence-electron chi connectivity index (χ2n) is 6.95. The number of benzene rings is 2. The summed E-state index contributed by atoms with van der Waals surface area (Å²) in [5.74, 6) is 0.292. The Hall–Kier alpha value is -3.50. The zero-order valence-electron chi connectivity index (χ0n) is 17.2. The van der Waals surface area contributed by atoms with Crippen molar-refractivity contribution in [3.8, 4) is 22.9 Å². The highest BCUT2D eigenvalue weighted by Crippen LogP contribution is 2.38. The predicted molar refractivity (Wildman–Crippen MR) is 120 cm³/mol. The Morgan fingerprint density at radius 3 is 2.52 bits per heavy atom. The summed E-state index contributed by atoms with van der Waals surface area (Å²) in [7, 11) is 1.53. The fraction of sp³-hybridized carbons (Fsp3) is 0.261. The molecule has 0 aromatic heterocycles. The van der Waals surface area contributed by atoms with Gasteiger partial charge in [-0.05, 0) is 18.2 Å². The number of ether oxygens (including phenoxy) is 1. The van der Waals surface area contributed by atoms with E-state index in [1.807, 2.05) is 12.1 Å². The Kier molecular flexibility index (Phi) is 7.16. The Morgan fingerprint density at radius 1 is 1.19 bits per heavy atom. The van der Waals surface area contributed by atoms with E-state index in [0.29, 0.717) is 59.3 Å². The van der Waals surface area contributed by atoms with Gasteiger partial charge in [0.05, 0.1) is 36.0 Å². The number of methoxy groups -OCH3 is 1. The summed E-state index contributed by atoms with van der Waals surface area (Å²) in [5, 5.41) is 13.0. The number of hydrogen-bond acceptors (Lipinski definition) is 5. The van der Waals surface area contributed by atoms with Crippen LogP contribution in [0.15, 0.2) is 49.1 Å². The number of rotatable bonds is 6. The van der Waals surface area contributed by atoms with E-state index in [1.54, 1.807) is 34.1 Å². The second-order valence-corrected chi connectivity index (χ2v) is 7.36. The van der Waals surface area contributed by atoms with Gasteiger partial charge in [0.2, 0.25) is 11.8 Å². The number of nitrogens with zero attached hydrogens (tertiary/aromatic N) is 3. The summed E-state index contributed by atoms with van der Waals surface area (Å²) in [6, 6.07) is 12.8. The van der Waals surface area contributed by atoms with Gasteiger partial charge >= 0.3 is 0 Å².